The molecule has 6 heteroatoms. The van der Waals surface area contributed by atoms with Gasteiger partial charge in [-0.25, -0.2) is 9.18 Å². The molecule has 5 aromatic rings. The Balaban J connectivity index is 1.89. The van der Waals surface area contributed by atoms with E-state index in [4.69, 9.17) is 9.15 Å². The van der Waals surface area contributed by atoms with E-state index in [0.29, 0.717) is 33.3 Å². The van der Waals surface area contributed by atoms with Gasteiger partial charge in [-0.2, -0.15) is 0 Å². The van der Waals surface area contributed by atoms with E-state index in [0.717, 1.165) is 5.56 Å². The monoisotopic (exact) mass is 401 g/mol. The number of hydrogen-bond acceptors (Lipinski definition) is 4. The molecule has 30 heavy (non-hydrogen) atoms. The number of halogens is 1. The number of para-hydroxylation sites is 1. The lowest BCUT2D eigenvalue weighted by atomic mass is 9.97. The molecule has 2 aromatic heterocycles. The summed E-state index contributed by atoms with van der Waals surface area (Å²) in [5.74, 6) is 0.0194. The molecule has 0 amide bonds. The minimum atomic E-state index is -0.703. The number of fused-ring (bicyclic) bond motifs is 2. The first kappa shape index (κ1) is 18.0. The van der Waals surface area contributed by atoms with Crippen molar-refractivity contribution in [1.82, 2.24) is 4.98 Å². The smallest absolute Gasteiger partial charge is 0.348 e. The van der Waals surface area contributed by atoms with E-state index in [9.17, 15) is 14.3 Å². The Kier molecular flexibility index (Phi) is 4.06. The van der Waals surface area contributed by atoms with Crippen LogP contribution < -0.4 is 10.4 Å². The maximum absolute atomic E-state index is 14.1. The van der Waals surface area contributed by atoms with Crippen LogP contribution in [0.25, 0.3) is 44.3 Å². The lowest BCUT2D eigenvalue weighted by Crippen LogP contribution is -2.04. The Morgan fingerprint density at radius 1 is 0.967 bits per heavy atom. The molecule has 0 radical (unpaired) electrons. The molecule has 0 aliphatic carbocycles. The summed E-state index contributed by atoms with van der Waals surface area (Å²) < 4.78 is 24.8. The minimum absolute atomic E-state index is 0.0173. The van der Waals surface area contributed by atoms with Crippen molar-refractivity contribution in [3.05, 3.63) is 83.0 Å². The van der Waals surface area contributed by atoms with Crippen LogP contribution in [-0.2, 0) is 0 Å². The van der Waals surface area contributed by atoms with Gasteiger partial charge in [0.05, 0.1) is 18.2 Å². The van der Waals surface area contributed by atoms with Gasteiger partial charge in [0.1, 0.15) is 28.5 Å². The molecule has 148 valence electrons. The first-order valence-electron chi connectivity index (χ1n) is 9.27. The molecule has 0 atom stereocenters. The van der Waals surface area contributed by atoms with E-state index in [-0.39, 0.29) is 16.9 Å². The van der Waals surface area contributed by atoms with Crippen molar-refractivity contribution in [2.45, 2.75) is 0 Å². The Labute approximate surface area is 170 Å². The number of rotatable bonds is 3. The molecule has 0 aliphatic heterocycles. The number of benzene rings is 3. The van der Waals surface area contributed by atoms with Crippen molar-refractivity contribution in [2.24, 2.45) is 0 Å². The van der Waals surface area contributed by atoms with Gasteiger partial charge in [0.2, 0.25) is 0 Å². The van der Waals surface area contributed by atoms with Crippen molar-refractivity contribution in [3.63, 3.8) is 0 Å². The van der Waals surface area contributed by atoms with Gasteiger partial charge < -0.3 is 19.2 Å². The number of nitrogens with one attached hydrogen (secondary N) is 1. The van der Waals surface area contributed by atoms with Gasteiger partial charge >= 0.3 is 5.63 Å². The van der Waals surface area contributed by atoms with Gasteiger partial charge in [-0.3, -0.25) is 0 Å². The number of ether oxygens (including phenoxy) is 1. The Morgan fingerprint density at radius 3 is 2.50 bits per heavy atom. The maximum atomic E-state index is 14.1. The second-order valence-electron chi connectivity index (χ2n) is 6.90. The van der Waals surface area contributed by atoms with E-state index in [2.05, 4.69) is 4.98 Å². The fourth-order valence-corrected chi connectivity index (χ4v) is 3.75. The first-order chi connectivity index (χ1) is 14.6. The maximum Gasteiger partial charge on any atom is 0.348 e. The number of aromatic hydroxyl groups is 1. The summed E-state index contributed by atoms with van der Waals surface area (Å²) in [5, 5.41) is 11.9. The highest BCUT2D eigenvalue weighted by molar-refractivity contribution is 6.06. The van der Waals surface area contributed by atoms with Gasteiger partial charge in [0.25, 0.3) is 0 Å². The minimum Gasteiger partial charge on any atom is -0.506 e. The molecule has 2 heterocycles. The summed E-state index contributed by atoms with van der Waals surface area (Å²) in [5.41, 5.74) is 1.88. The molecule has 0 spiro atoms. The zero-order valence-electron chi connectivity index (χ0n) is 15.9. The number of methoxy groups -OCH3 is 1. The van der Waals surface area contributed by atoms with Gasteiger partial charge in [-0.05, 0) is 60.2 Å². The predicted octanol–water partition coefficient (Wildman–Crippen LogP) is 5.46. The van der Waals surface area contributed by atoms with Crippen LogP contribution in [0.4, 0.5) is 4.39 Å². The molecule has 5 nitrogen and oxygen atoms in total. The van der Waals surface area contributed by atoms with Crippen molar-refractivity contribution >= 4 is 21.9 Å². The average molecular weight is 401 g/mol. The molecule has 0 fully saturated rings. The van der Waals surface area contributed by atoms with Crippen LogP contribution in [0.15, 0.2) is 75.9 Å². The second-order valence-corrected chi connectivity index (χ2v) is 6.90. The summed E-state index contributed by atoms with van der Waals surface area (Å²) in [6.45, 7) is 0. The largest absolute Gasteiger partial charge is 0.506 e. The second kappa shape index (κ2) is 6.77. The van der Waals surface area contributed by atoms with Gasteiger partial charge in [0.15, 0.2) is 0 Å². The van der Waals surface area contributed by atoms with E-state index >= 15 is 0 Å². The zero-order valence-corrected chi connectivity index (χ0v) is 15.9. The van der Waals surface area contributed by atoms with Crippen molar-refractivity contribution in [1.29, 1.82) is 0 Å². The van der Waals surface area contributed by atoms with Crippen LogP contribution in [0.1, 0.15) is 0 Å². The number of H-pyrrole nitrogens is 1. The Bertz CT molecular complexity index is 1470. The lowest BCUT2D eigenvalue weighted by Gasteiger charge is -2.09. The number of aromatic nitrogens is 1. The van der Waals surface area contributed by atoms with Crippen LogP contribution in [-0.4, -0.2) is 17.2 Å². The zero-order chi connectivity index (χ0) is 20.8. The average Bonchev–Trinajstić information content (AvgIpc) is 3.12. The fraction of sp³-hybridized carbons (Fsp3) is 0.0417. The third-order valence-corrected chi connectivity index (χ3v) is 5.18. The molecule has 0 saturated carbocycles. The van der Waals surface area contributed by atoms with Crippen molar-refractivity contribution in [2.75, 3.05) is 7.11 Å². The van der Waals surface area contributed by atoms with Crippen LogP contribution in [0.3, 0.4) is 0 Å². The van der Waals surface area contributed by atoms with Crippen LogP contribution in [0.5, 0.6) is 11.5 Å². The van der Waals surface area contributed by atoms with Gasteiger partial charge in [0, 0.05) is 16.5 Å². The fourth-order valence-electron chi connectivity index (χ4n) is 3.75. The highest BCUT2D eigenvalue weighted by atomic mass is 19.1. The standard InChI is InChI=1S/C24H16FNO4/c1-29-15-9-6-13(7-10-15)22-20(17-12-14(25)8-11-18(17)26-22)21-23(27)16-4-2-3-5-19(16)30-24(21)28/h2-12,26-27H,1H3. The van der Waals surface area contributed by atoms with E-state index in [1.54, 1.807) is 49.6 Å². The van der Waals surface area contributed by atoms with E-state index in [1.807, 2.05) is 12.1 Å². The molecule has 2 N–H and O–H groups in total. The third kappa shape index (κ3) is 2.73. The molecule has 3 aromatic carbocycles. The SMILES string of the molecule is COc1ccc(-c2[nH]c3ccc(F)cc3c2-c2c(O)c3ccccc3oc2=O)cc1. The van der Waals surface area contributed by atoms with E-state index in [1.165, 1.54) is 12.1 Å². The summed E-state index contributed by atoms with van der Waals surface area (Å²) in [4.78, 5) is 16.2. The lowest BCUT2D eigenvalue weighted by molar-refractivity contribution is 0.415. The highest BCUT2D eigenvalue weighted by Crippen LogP contribution is 2.42. The third-order valence-electron chi connectivity index (χ3n) is 5.18. The summed E-state index contributed by atoms with van der Waals surface area (Å²) in [6.07, 6.45) is 0. The highest BCUT2D eigenvalue weighted by Gasteiger charge is 2.24. The van der Waals surface area contributed by atoms with Gasteiger partial charge in [-0.1, -0.05) is 12.1 Å². The quantitative estimate of drug-likeness (QED) is 0.394. The molecule has 0 aliphatic rings. The number of aromatic amines is 1. The van der Waals surface area contributed by atoms with Crippen LogP contribution in [0.2, 0.25) is 0 Å². The Morgan fingerprint density at radius 2 is 1.73 bits per heavy atom. The summed E-state index contributed by atoms with van der Waals surface area (Å²) in [7, 11) is 1.57. The van der Waals surface area contributed by atoms with Crippen molar-refractivity contribution < 1.29 is 18.7 Å². The topological polar surface area (TPSA) is 75.5 Å². The van der Waals surface area contributed by atoms with Crippen LogP contribution in [0, 0.1) is 5.82 Å². The molecule has 0 saturated heterocycles. The molecular weight excluding hydrogens is 385 g/mol. The first-order valence-corrected chi connectivity index (χ1v) is 9.27. The molecule has 0 bridgehead atoms. The summed E-state index contributed by atoms with van der Waals surface area (Å²) >= 11 is 0. The van der Waals surface area contributed by atoms with Gasteiger partial charge in [-0.15, -0.1) is 0 Å². The van der Waals surface area contributed by atoms with E-state index < -0.39 is 11.4 Å². The molecular formula is C24H16FNO4. The van der Waals surface area contributed by atoms with Crippen LogP contribution >= 0.6 is 0 Å². The van der Waals surface area contributed by atoms with Crippen molar-refractivity contribution in [3.8, 4) is 33.9 Å². The molecule has 0 unspecified atom stereocenters. The predicted molar refractivity (Wildman–Crippen MR) is 113 cm³/mol. The molecule has 5 rings (SSSR count). The summed E-state index contributed by atoms with van der Waals surface area (Å²) in [6, 6.07) is 18.2. The normalized spacial score (nSPS) is 11.3. The number of hydrogen-bond donors (Lipinski definition) is 2. The Hall–Kier alpha value is -4.06.